The van der Waals surface area contributed by atoms with Gasteiger partial charge in [-0.05, 0) is 40.6 Å². The fourth-order valence-electron chi connectivity index (χ4n) is 3.83. The number of thiazole rings is 1. The van der Waals surface area contributed by atoms with E-state index in [1.165, 1.54) is 23.1 Å². The van der Waals surface area contributed by atoms with Crippen LogP contribution in [-0.2, 0) is 17.8 Å². The monoisotopic (exact) mass is 565 g/mol. The van der Waals surface area contributed by atoms with Crippen LogP contribution in [0.5, 0.6) is 0 Å². The van der Waals surface area contributed by atoms with Gasteiger partial charge in [-0.25, -0.2) is 4.98 Å². The van der Waals surface area contributed by atoms with Gasteiger partial charge in [0.1, 0.15) is 0 Å². The minimum Gasteiger partial charge on any atom is -0.301 e. The molecule has 2 aromatic heterocycles. The highest BCUT2D eigenvalue weighted by atomic mass is 35.5. The number of fused-ring (bicyclic) bond motifs is 1. The summed E-state index contributed by atoms with van der Waals surface area (Å²) >= 11 is 15.1. The summed E-state index contributed by atoms with van der Waals surface area (Å²) in [6.07, 6.45) is 4.12. The number of hydrogen-bond acceptors (Lipinski definition) is 6. The smallest absolute Gasteiger partial charge is 0.236 e. The van der Waals surface area contributed by atoms with Gasteiger partial charge in [0.15, 0.2) is 16.1 Å². The van der Waals surface area contributed by atoms with Crippen LogP contribution in [0.3, 0.4) is 0 Å². The van der Waals surface area contributed by atoms with Crippen molar-refractivity contribution in [2.75, 3.05) is 11.1 Å². The number of thioether (sulfide) groups is 1. The van der Waals surface area contributed by atoms with E-state index in [9.17, 15) is 4.79 Å². The summed E-state index contributed by atoms with van der Waals surface area (Å²) in [6, 6.07) is 19.7. The molecule has 3 aromatic carbocycles. The lowest BCUT2D eigenvalue weighted by molar-refractivity contribution is -0.113. The predicted octanol–water partition coefficient (Wildman–Crippen LogP) is 7.37. The zero-order valence-corrected chi connectivity index (χ0v) is 22.7. The first kappa shape index (κ1) is 25.5. The Labute approximate surface area is 232 Å². The normalized spacial score (nSPS) is 11.1. The molecule has 0 unspecified atom stereocenters. The number of carbonyl (C=O) groups excluding carboxylic acids is 1. The van der Waals surface area contributed by atoms with E-state index in [2.05, 4.69) is 51.3 Å². The maximum atomic E-state index is 12.7. The van der Waals surface area contributed by atoms with E-state index in [1.807, 2.05) is 28.8 Å². The van der Waals surface area contributed by atoms with E-state index < -0.39 is 0 Å². The number of amides is 1. The molecule has 0 aliphatic carbocycles. The molecule has 0 aliphatic rings. The summed E-state index contributed by atoms with van der Waals surface area (Å²) < 4.78 is 1.96. The van der Waals surface area contributed by atoms with Gasteiger partial charge in [-0.3, -0.25) is 9.36 Å². The van der Waals surface area contributed by atoms with Crippen molar-refractivity contribution in [1.29, 1.82) is 0 Å². The largest absolute Gasteiger partial charge is 0.301 e. The second kappa shape index (κ2) is 11.5. The first-order valence-electron chi connectivity index (χ1n) is 11.3. The van der Waals surface area contributed by atoms with Crippen LogP contribution in [0.15, 0.2) is 84.7 Å². The van der Waals surface area contributed by atoms with Crippen LogP contribution in [-0.4, -0.2) is 31.4 Å². The summed E-state index contributed by atoms with van der Waals surface area (Å²) in [5.41, 5.74) is 1.87. The third-order valence-electron chi connectivity index (χ3n) is 5.54. The lowest BCUT2D eigenvalue weighted by Gasteiger charge is -2.08. The molecule has 0 fully saturated rings. The van der Waals surface area contributed by atoms with Crippen molar-refractivity contribution in [2.45, 2.75) is 18.1 Å². The molecule has 2 heterocycles. The van der Waals surface area contributed by atoms with Gasteiger partial charge in [-0.1, -0.05) is 77.4 Å². The number of rotatable bonds is 9. The van der Waals surface area contributed by atoms with Gasteiger partial charge in [0, 0.05) is 39.6 Å². The van der Waals surface area contributed by atoms with Crippen molar-refractivity contribution in [1.82, 2.24) is 19.7 Å². The topological polar surface area (TPSA) is 72.7 Å². The number of halogens is 2. The highest BCUT2D eigenvalue weighted by Crippen LogP contribution is 2.29. The summed E-state index contributed by atoms with van der Waals surface area (Å²) in [6.45, 7) is 4.40. The quantitative estimate of drug-likeness (QED) is 0.149. The zero-order chi connectivity index (χ0) is 25.8. The second-order valence-corrected chi connectivity index (χ2v) is 11.0. The number of benzene rings is 3. The third-order valence-corrected chi connectivity index (χ3v) is 8.02. The molecule has 0 saturated carbocycles. The van der Waals surface area contributed by atoms with E-state index >= 15 is 0 Å². The predicted molar refractivity (Wildman–Crippen MR) is 154 cm³/mol. The van der Waals surface area contributed by atoms with E-state index in [0.29, 0.717) is 33.3 Å². The number of nitrogens with zero attached hydrogens (tertiary/aromatic N) is 4. The average molecular weight is 567 g/mol. The fourth-order valence-corrected chi connectivity index (χ4v) is 5.81. The van der Waals surface area contributed by atoms with Crippen molar-refractivity contribution in [3.05, 3.63) is 100 Å². The lowest BCUT2D eigenvalue weighted by Crippen LogP contribution is -2.14. The Morgan fingerprint density at radius 2 is 1.92 bits per heavy atom. The fraction of sp³-hybridized carbons (Fsp3) is 0.111. The Kier molecular flexibility index (Phi) is 7.90. The van der Waals surface area contributed by atoms with Crippen LogP contribution in [0.4, 0.5) is 5.13 Å². The van der Waals surface area contributed by atoms with Gasteiger partial charge >= 0.3 is 0 Å². The third kappa shape index (κ3) is 6.05. The Bertz CT molecular complexity index is 1600. The Morgan fingerprint density at radius 3 is 2.76 bits per heavy atom. The van der Waals surface area contributed by atoms with Gasteiger partial charge in [-0.15, -0.1) is 28.1 Å². The molecule has 5 rings (SSSR count). The molecule has 1 N–H and O–H groups in total. The molecule has 5 aromatic rings. The molecule has 0 atom stereocenters. The summed E-state index contributed by atoms with van der Waals surface area (Å²) in [5, 5.41) is 16.4. The molecule has 6 nitrogen and oxygen atoms in total. The van der Waals surface area contributed by atoms with Crippen molar-refractivity contribution in [2.24, 2.45) is 0 Å². The van der Waals surface area contributed by atoms with Crippen LogP contribution >= 0.6 is 46.3 Å². The highest BCUT2D eigenvalue weighted by molar-refractivity contribution is 7.99. The van der Waals surface area contributed by atoms with Gasteiger partial charge in [0.2, 0.25) is 5.91 Å². The standard InChI is InChI=1S/C27H21Cl2N5OS2/c1-2-11-34-25(19-8-7-17-5-3-4-6-18(17)12-19)32-33-27(34)36-16-24(35)31-26-30-15-22(37-26)14-20-13-21(28)9-10-23(20)29/h2-10,12-13,15H,1,11,14,16H2,(H,30,31,35). The van der Waals surface area contributed by atoms with Crippen molar-refractivity contribution in [3.8, 4) is 11.4 Å². The number of hydrogen-bond donors (Lipinski definition) is 1. The SMILES string of the molecule is C=CCn1c(SCC(=O)Nc2ncc(Cc3cc(Cl)ccc3Cl)s2)nnc1-c1ccc2ccccc2c1. The molecule has 0 saturated heterocycles. The van der Waals surface area contributed by atoms with Crippen molar-refractivity contribution in [3.63, 3.8) is 0 Å². The van der Waals surface area contributed by atoms with E-state index in [0.717, 1.165) is 32.6 Å². The minimum absolute atomic E-state index is 0.169. The van der Waals surface area contributed by atoms with Gasteiger partial charge in [0.25, 0.3) is 0 Å². The molecule has 0 bridgehead atoms. The highest BCUT2D eigenvalue weighted by Gasteiger charge is 2.16. The maximum absolute atomic E-state index is 12.7. The number of anilines is 1. The van der Waals surface area contributed by atoms with E-state index in [4.69, 9.17) is 23.2 Å². The molecule has 186 valence electrons. The summed E-state index contributed by atoms with van der Waals surface area (Å²) in [7, 11) is 0. The van der Waals surface area contributed by atoms with Crippen LogP contribution in [0.25, 0.3) is 22.2 Å². The van der Waals surface area contributed by atoms with Crippen LogP contribution < -0.4 is 5.32 Å². The lowest BCUT2D eigenvalue weighted by atomic mass is 10.1. The first-order valence-corrected chi connectivity index (χ1v) is 13.9. The summed E-state index contributed by atoms with van der Waals surface area (Å²) in [4.78, 5) is 18.0. The molecular formula is C27H21Cl2N5OS2. The number of carbonyl (C=O) groups is 1. The summed E-state index contributed by atoms with van der Waals surface area (Å²) in [5.74, 6) is 0.729. The van der Waals surface area contributed by atoms with Gasteiger partial charge in [0.05, 0.1) is 5.75 Å². The zero-order valence-electron chi connectivity index (χ0n) is 19.5. The van der Waals surface area contributed by atoms with Crippen LogP contribution in [0.2, 0.25) is 10.0 Å². The number of aromatic nitrogens is 4. The number of nitrogens with one attached hydrogen (secondary N) is 1. The average Bonchev–Trinajstić information content (AvgIpc) is 3.51. The molecule has 37 heavy (non-hydrogen) atoms. The molecule has 10 heteroatoms. The van der Waals surface area contributed by atoms with Gasteiger partial charge < -0.3 is 5.32 Å². The Balaban J connectivity index is 1.25. The van der Waals surface area contributed by atoms with Crippen LogP contribution in [0, 0.1) is 0 Å². The molecule has 0 aliphatic heterocycles. The molecule has 0 radical (unpaired) electrons. The Hall–Kier alpha value is -3.17. The Morgan fingerprint density at radius 1 is 1.08 bits per heavy atom. The van der Waals surface area contributed by atoms with E-state index in [1.54, 1.807) is 24.4 Å². The first-order chi connectivity index (χ1) is 18.0. The van der Waals surface area contributed by atoms with Gasteiger partial charge in [-0.2, -0.15) is 0 Å². The second-order valence-electron chi connectivity index (χ2n) is 8.15. The molecule has 0 spiro atoms. The van der Waals surface area contributed by atoms with Crippen LogP contribution in [0.1, 0.15) is 10.4 Å². The minimum atomic E-state index is -0.174. The molecular weight excluding hydrogens is 545 g/mol. The van der Waals surface area contributed by atoms with E-state index in [-0.39, 0.29) is 11.7 Å². The number of allylic oxidation sites excluding steroid dienone is 1. The maximum Gasteiger partial charge on any atom is 0.236 e. The van der Waals surface area contributed by atoms with Crippen molar-refractivity contribution >= 4 is 68.1 Å². The van der Waals surface area contributed by atoms with Crippen molar-refractivity contribution < 1.29 is 4.79 Å². The molecule has 1 amide bonds.